The van der Waals surface area contributed by atoms with E-state index in [1.54, 1.807) is 30.5 Å². The van der Waals surface area contributed by atoms with E-state index in [4.69, 9.17) is 16.9 Å². The zero-order valence-electron chi connectivity index (χ0n) is 13.2. The number of H-pyrrole nitrogens is 1. The van der Waals surface area contributed by atoms with Gasteiger partial charge in [0.25, 0.3) is 5.91 Å². The molecule has 0 saturated carbocycles. The highest BCUT2D eigenvalue weighted by Gasteiger charge is 2.24. The number of halogens is 1. The summed E-state index contributed by atoms with van der Waals surface area (Å²) < 4.78 is 0. The lowest BCUT2D eigenvalue weighted by Gasteiger charge is -2.26. The molecule has 6 heteroatoms. The summed E-state index contributed by atoms with van der Waals surface area (Å²) >= 11 is 5.91. The maximum Gasteiger partial charge on any atom is 0.268 e. The standard InChI is InChI=1S/C18H15ClN4O/c1-18(2,12-5-3-11(9-20)4-6-12)23-17(24)16-8-14-15(22-16)7-13(19)10-21-14/h3-8,10,22H,1-2H3,(H,23,24). The van der Waals surface area contributed by atoms with Crippen LogP contribution in [-0.2, 0) is 5.54 Å². The van der Waals surface area contributed by atoms with Gasteiger partial charge < -0.3 is 10.3 Å². The van der Waals surface area contributed by atoms with Crippen LogP contribution in [0.1, 0.15) is 35.5 Å². The van der Waals surface area contributed by atoms with Crippen molar-refractivity contribution >= 4 is 28.5 Å². The van der Waals surface area contributed by atoms with Gasteiger partial charge in [0.2, 0.25) is 0 Å². The zero-order valence-corrected chi connectivity index (χ0v) is 14.0. The second-order valence-corrected chi connectivity index (χ2v) is 6.47. The van der Waals surface area contributed by atoms with Crippen molar-refractivity contribution in [2.75, 3.05) is 0 Å². The Balaban J connectivity index is 1.84. The number of carbonyl (C=O) groups is 1. The van der Waals surface area contributed by atoms with Crippen molar-refractivity contribution in [3.8, 4) is 6.07 Å². The molecule has 3 aromatic rings. The number of rotatable bonds is 3. The molecule has 0 atom stereocenters. The van der Waals surface area contributed by atoms with Gasteiger partial charge in [0.05, 0.1) is 33.2 Å². The molecule has 0 fully saturated rings. The Kier molecular flexibility index (Phi) is 4.00. The molecular formula is C18H15ClN4O. The van der Waals surface area contributed by atoms with Crippen LogP contribution in [0.2, 0.25) is 5.02 Å². The number of aromatic amines is 1. The van der Waals surface area contributed by atoms with Gasteiger partial charge in [0.1, 0.15) is 5.69 Å². The van der Waals surface area contributed by atoms with E-state index in [1.807, 2.05) is 26.0 Å². The average Bonchev–Trinajstić information content (AvgIpc) is 2.98. The monoisotopic (exact) mass is 338 g/mol. The fraction of sp³-hybridized carbons (Fsp3) is 0.167. The van der Waals surface area contributed by atoms with E-state index in [9.17, 15) is 4.79 Å². The Labute approximate surface area is 144 Å². The number of carbonyl (C=O) groups excluding carboxylic acids is 1. The van der Waals surface area contributed by atoms with Crippen molar-refractivity contribution in [3.05, 3.63) is 64.4 Å². The van der Waals surface area contributed by atoms with Crippen LogP contribution in [0.4, 0.5) is 0 Å². The molecule has 0 aliphatic rings. The highest BCUT2D eigenvalue weighted by molar-refractivity contribution is 6.31. The van der Waals surface area contributed by atoms with E-state index in [0.717, 1.165) is 5.56 Å². The van der Waals surface area contributed by atoms with Gasteiger partial charge in [-0.1, -0.05) is 23.7 Å². The number of fused-ring (bicyclic) bond motifs is 1. The highest BCUT2D eigenvalue weighted by atomic mass is 35.5. The molecule has 0 bridgehead atoms. The SMILES string of the molecule is CC(C)(NC(=O)c1cc2ncc(Cl)cc2[nH]1)c1ccc(C#N)cc1. The summed E-state index contributed by atoms with van der Waals surface area (Å²) in [5, 5.41) is 12.4. The van der Waals surface area contributed by atoms with Crippen molar-refractivity contribution in [2.45, 2.75) is 19.4 Å². The molecule has 1 amide bonds. The number of amides is 1. The van der Waals surface area contributed by atoms with E-state index in [0.29, 0.717) is 27.3 Å². The molecule has 0 radical (unpaired) electrons. The smallest absolute Gasteiger partial charge is 0.268 e. The largest absolute Gasteiger partial charge is 0.349 e. The second-order valence-electron chi connectivity index (χ2n) is 6.04. The lowest BCUT2D eigenvalue weighted by molar-refractivity contribution is 0.0907. The van der Waals surface area contributed by atoms with Gasteiger partial charge in [0.15, 0.2) is 0 Å². The maximum atomic E-state index is 12.6. The summed E-state index contributed by atoms with van der Waals surface area (Å²) in [6, 6.07) is 12.6. The zero-order chi connectivity index (χ0) is 17.3. The maximum absolute atomic E-state index is 12.6. The van der Waals surface area contributed by atoms with Crippen molar-refractivity contribution in [1.82, 2.24) is 15.3 Å². The Hall–Kier alpha value is -2.84. The summed E-state index contributed by atoms with van der Waals surface area (Å²) in [5.41, 5.74) is 2.71. The third kappa shape index (κ3) is 3.10. The van der Waals surface area contributed by atoms with Crippen LogP contribution < -0.4 is 5.32 Å². The van der Waals surface area contributed by atoms with Gasteiger partial charge in [-0.2, -0.15) is 5.26 Å². The molecule has 0 saturated heterocycles. The Morgan fingerprint density at radius 1 is 1.29 bits per heavy atom. The number of benzene rings is 1. The van der Waals surface area contributed by atoms with Gasteiger partial charge in [-0.25, -0.2) is 0 Å². The first kappa shape index (κ1) is 16.0. The number of nitriles is 1. The summed E-state index contributed by atoms with van der Waals surface area (Å²) in [6.07, 6.45) is 1.54. The van der Waals surface area contributed by atoms with Crippen LogP contribution in [0, 0.1) is 11.3 Å². The predicted octanol–water partition coefficient (Wildman–Crippen LogP) is 3.75. The Morgan fingerprint density at radius 2 is 2.00 bits per heavy atom. The third-order valence-electron chi connectivity index (χ3n) is 3.84. The van der Waals surface area contributed by atoms with Crippen molar-refractivity contribution in [3.63, 3.8) is 0 Å². The summed E-state index contributed by atoms with van der Waals surface area (Å²) in [4.78, 5) is 19.8. The van der Waals surface area contributed by atoms with Gasteiger partial charge >= 0.3 is 0 Å². The third-order valence-corrected chi connectivity index (χ3v) is 4.05. The minimum atomic E-state index is -0.590. The molecule has 5 nitrogen and oxygen atoms in total. The van der Waals surface area contributed by atoms with Crippen molar-refractivity contribution in [1.29, 1.82) is 5.26 Å². The molecule has 0 aliphatic carbocycles. The molecule has 120 valence electrons. The number of nitrogens with one attached hydrogen (secondary N) is 2. The van der Waals surface area contributed by atoms with E-state index in [1.165, 1.54) is 0 Å². The van der Waals surface area contributed by atoms with E-state index >= 15 is 0 Å². The number of nitrogens with zero attached hydrogens (tertiary/aromatic N) is 2. The first-order chi connectivity index (χ1) is 11.4. The summed E-state index contributed by atoms with van der Waals surface area (Å²) in [5.74, 6) is -0.238. The number of hydrogen-bond acceptors (Lipinski definition) is 3. The lowest BCUT2D eigenvalue weighted by Crippen LogP contribution is -2.41. The van der Waals surface area contributed by atoms with Crippen LogP contribution in [0.3, 0.4) is 0 Å². The molecule has 0 aliphatic heterocycles. The highest BCUT2D eigenvalue weighted by Crippen LogP contribution is 2.22. The van der Waals surface area contributed by atoms with Gasteiger partial charge in [-0.15, -0.1) is 0 Å². The normalized spacial score (nSPS) is 11.2. The Morgan fingerprint density at radius 3 is 2.67 bits per heavy atom. The van der Waals surface area contributed by atoms with E-state index < -0.39 is 5.54 Å². The summed E-state index contributed by atoms with van der Waals surface area (Å²) in [6.45, 7) is 3.81. The lowest BCUT2D eigenvalue weighted by atomic mass is 9.93. The molecule has 2 aromatic heterocycles. The molecule has 1 aromatic carbocycles. The molecular weight excluding hydrogens is 324 g/mol. The fourth-order valence-electron chi connectivity index (χ4n) is 2.49. The van der Waals surface area contributed by atoms with Crippen LogP contribution in [0.25, 0.3) is 11.0 Å². The molecule has 2 N–H and O–H groups in total. The number of pyridine rings is 1. The van der Waals surface area contributed by atoms with Crippen molar-refractivity contribution < 1.29 is 4.79 Å². The van der Waals surface area contributed by atoms with Crippen LogP contribution >= 0.6 is 11.6 Å². The average molecular weight is 339 g/mol. The molecule has 3 rings (SSSR count). The fourth-order valence-corrected chi connectivity index (χ4v) is 2.65. The topological polar surface area (TPSA) is 81.6 Å². The second kappa shape index (κ2) is 5.99. The van der Waals surface area contributed by atoms with Gasteiger partial charge in [-0.05, 0) is 43.7 Å². The minimum absolute atomic E-state index is 0.238. The van der Waals surface area contributed by atoms with Crippen LogP contribution in [-0.4, -0.2) is 15.9 Å². The summed E-state index contributed by atoms with van der Waals surface area (Å²) in [7, 11) is 0. The predicted molar refractivity (Wildman–Crippen MR) is 92.8 cm³/mol. The number of hydrogen-bond donors (Lipinski definition) is 2. The molecule has 0 spiro atoms. The number of aromatic nitrogens is 2. The molecule has 2 heterocycles. The van der Waals surface area contributed by atoms with Gasteiger partial charge in [0, 0.05) is 6.20 Å². The van der Waals surface area contributed by atoms with E-state index in [-0.39, 0.29) is 5.91 Å². The first-order valence-corrected chi connectivity index (χ1v) is 7.74. The molecule has 0 unspecified atom stereocenters. The van der Waals surface area contributed by atoms with Gasteiger partial charge in [-0.3, -0.25) is 9.78 Å². The van der Waals surface area contributed by atoms with Crippen LogP contribution in [0.5, 0.6) is 0 Å². The minimum Gasteiger partial charge on any atom is -0.349 e. The quantitative estimate of drug-likeness (QED) is 0.763. The Bertz CT molecular complexity index is 951. The van der Waals surface area contributed by atoms with Crippen molar-refractivity contribution in [2.24, 2.45) is 0 Å². The van der Waals surface area contributed by atoms with E-state index in [2.05, 4.69) is 21.4 Å². The van der Waals surface area contributed by atoms with Crippen LogP contribution in [0.15, 0.2) is 42.6 Å². The molecule has 24 heavy (non-hydrogen) atoms. The first-order valence-electron chi connectivity index (χ1n) is 7.36.